The van der Waals surface area contributed by atoms with Crippen molar-refractivity contribution in [1.82, 2.24) is 0 Å². The van der Waals surface area contributed by atoms with Crippen LogP contribution in [0.4, 0.5) is 0 Å². The monoisotopic (exact) mass is 429 g/mol. The maximum Gasteiger partial charge on any atom is 0.248 e. The second-order valence-corrected chi connectivity index (χ2v) is 8.17. The van der Waals surface area contributed by atoms with Crippen LogP contribution in [0, 0.1) is 22.0 Å². The van der Waals surface area contributed by atoms with Crippen LogP contribution in [-0.4, -0.2) is 63.1 Å². The van der Waals surface area contributed by atoms with Gasteiger partial charge < -0.3 is 14.9 Å². The van der Waals surface area contributed by atoms with E-state index >= 15 is 0 Å². The van der Waals surface area contributed by atoms with Crippen LogP contribution in [-0.2, 0) is 9.59 Å². The van der Waals surface area contributed by atoms with E-state index in [2.05, 4.69) is 0 Å². The van der Waals surface area contributed by atoms with Crippen LogP contribution >= 0.6 is 0 Å². The number of benzene rings is 1. The molecule has 0 spiro atoms. The van der Waals surface area contributed by atoms with E-state index in [0.717, 1.165) is 6.92 Å². The van der Waals surface area contributed by atoms with Gasteiger partial charge in [0.1, 0.15) is 11.4 Å². The summed E-state index contributed by atoms with van der Waals surface area (Å²) in [7, 11) is 1.28. The number of allylic oxidation sites excluding steroid dienone is 1. The van der Waals surface area contributed by atoms with Crippen LogP contribution < -0.4 is 4.74 Å². The molecule has 0 saturated heterocycles. The molecule has 4 rings (SSSR count). The van der Waals surface area contributed by atoms with Crippen molar-refractivity contribution in [3.63, 3.8) is 0 Å². The number of methoxy groups -OCH3 is 1. The summed E-state index contributed by atoms with van der Waals surface area (Å²) in [5, 5.41) is 33.3. The SMILES string of the molecule is COc1cccc2c1C(=O)C1=C(C2=O)C(=O)C2CC(O)(C(C)=O)CC(O)C2C1[N+](=O)[O-]. The number of rotatable bonds is 3. The number of aliphatic hydroxyl groups excluding tert-OH is 1. The molecule has 1 saturated carbocycles. The number of nitrogens with zero attached hydrogens (tertiary/aromatic N) is 1. The van der Waals surface area contributed by atoms with E-state index in [9.17, 15) is 39.5 Å². The number of Topliss-reactive ketones (excluding diaryl/α,β-unsaturated/α-hetero) is 4. The Hall–Kier alpha value is -3.24. The second kappa shape index (κ2) is 6.89. The lowest BCUT2D eigenvalue weighted by atomic mass is 9.58. The van der Waals surface area contributed by atoms with Crippen molar-refractivity contribution in [1.29, 1.82) is 0 Å². The van der Waals surface area contributed by atoms with Gasteiger partial charge in [0.15, 0.2) is 17.3 Å². The van der Waals surface area contributed by atoms with E-state index in [0.29, 0.717) is 0 Å². The molecular weight excluding hydrogens is 410 g/mol. The predicted octanol–water partition coefficient (Wildman–Crippen LogP) is 0.306. The normalized spacial score (nSPS) is 32.2. The Labute approximate surface area is 175 Å². The van der Waals surface area contributed by atoms with Crippen LogP contribution in [0.15, 0.2) is 29.3 Å². The van der Waals surface area contributed by atoms with Gasteiger partial charge in [0.25, 0.3) is 0 Å². The summed E-state index contributed by atoms with van der Waals surface area (Å²) >= 11 is 0. The summed E-state index contributed by atoms with van der Waals surface area (Å²) in [5.74, 6) is -6.01. The fraction of sp³-hybridized carbons (Fsp3) is 0.429. The fourth-order valence-electron chi connectivity index (χ4n) is 5.10. The van der Waals surface area contributed by atoms with Crippen LogP contribution in [0.5, 0.6) is 5.75 Å². The van der Waals surface area contributed by atoms with E-state index in [1.165, 1.54) is 25.3 Å². The summed E-state index contributed by atoms with van der Waals surface area (Å²) in [6.07, 6.45) is -2.59. The highest BCUT2D eigenvalue weighted by Crippen LogP contribution is 2.49. The molecule has 1 aromatic carbocycles. The van der Waals surface area contributed by atoms with Crippen LogP contribution in [0.2, 0.25) is 0 Å². The highest BCUT2D eigenvalue weighted by molar-refractivity contribution is 6.38. The standard InChI is InChI=1S/C21H19NO9/c1-8(23)21(28)6-10-13(11(24)7-21)17(22(29)30)15-16(19(10)26)18(25)9-4-3-5-12(31-2)14(9)20(15)27/h3-5,10-11,13,17,24,28H,6-7H2,1-2H3. The van der Waals surface area contributed by atoms with Gasteiger partial charge in [-0.15, -0.1) is 0 Å². The maximum atomic E-state index is 13.3. The van der Waals surface area contributed by atoms with Gasteiger partial charge in [0.05, 0.1) is 35.8 Å². The molecule has 10 heteroatoms. The smallest absolute Gasteiger partial charge is 0.248 e. The molecule has 162 valence electrons. The molecule has 10 nitrogen and oxygen atoms in total. The third kappa shape index (κ3) is 2.78. The van der Waals surface area contributed by atoms with Gasteiger partial charge in [-0.2, -0.15) is 0 Å². The van der Waals surface area contributed by atoms with Gasteiger partial charge in [-0.05, 0) is 19.4 Å². The van der Waals surface area contributed by atoms with Gasteiger partial charge in [0.2, 0.25) is 11.8 Å². The van der Waals surface area contributed by atoms with Gasteiger partial charge in [-0.25, -0.2) is 0 Å². The molecule has 3 aliphatic carbocycles. The molecule has 1 aromatic rings. The third-order valence-corrected chi connectivity index (χ3v) is 6.60. The van der Waals surface area contributed by atoms with E-state index in [4.69, 9.17) is 4.74 Å². The number of ether oxygens (including phenoxy) is 1. The first kappa shape index (κ1) is 21.0. The Balaban J connectivity index is 1.95. The van der Waals surface area contributed by atoms with E-state index in [-0.39, 0.29) is 16.9 Å². The van der Waals surface area contributed by atoms with Crippen molar-refractivity contribution in [2.75, 3.05) is 7.11 Å². The van der Waals surface area contributed by atoms with Crippen LogP contribution in [0.3, 0.4) is 0 Å². The molecule has 1 fully saturated rings. The van der Waals surface area contributed by atoms with Crippen LogP contribution in [0.25, 0.3) is 0 Å². The van der Waals surface area contributed by atoms with Gasteiger partial charge in [0, 0.05) is 22.8 Å². The summed E-state index contributed by atoms with van der Waals surface area (Å²) in [6, 6.07) is 2.35. The van der Waals surface area contributed by atoms with Crippen molar-refractivity contribution in [2.24, 2.45) is 11.8 Å². The first-order valence-electron chi connectivity index (χ1n) is 9.63. The maximum absolute atomic E-state index is 13.3. The minimum absolute atomic E-state index is 0.0363. The Bertz CT molecular complexity index is 1100. The van der Waals surface area contributed by atoms with E-state index in [1.807, 2.05) is 0 Å². The molecule has 0 bridgehead atoms. The molecule has 0 heterocycles. The second-order valence-electron chi connectivity index (χ2n) is 8.17. The van der Waals surface area contributed by atoms with Crippen LogP contribution in [0.1, 0.15) is 40.5 Å². The quantitative estimate of drug-likeness (QED) is 0.391. The average Bonchev–Trinajstić information content (AvgIpc) is 2.71. The first-order chi connectivity index (χ1) is 14.5. The molecule has 31 heavy (non-hydrogen) atoms. The lowest BCUT2D eigenvalue weighted by Gasteiger charge is -2.46. The number of carbonyl (C=O) groups excluding carboxylic acids is 4. The third-order valence-electron chi connectivity index (χ3n) is 6.60. The number of hydrogen-bond donors (Lipinski definition) is 2. The number of hydrogen-bond acceptors (Lipinski definition) is 9. The van der Waals surface area contributed by atoms with Gasteiger partial charge in [-0.3, -0.25) is 29.3 Å². The predicted molar refractivity (Wildman–Crippen MR) is 102 cm³/mol. The van der Waals surface area contributed by atoms with Crippen molar-refractivity contribution in [3.05, 3.63) is 50.6 Å². The molecule has 3 aliphatic rings. The molecule has 5 unspecified atom stereocenters. The Morgan fingerprint density at radius 3 is 2.48 bits per heavy atom. The fourth-order valence-corrected chi connectivity index (χ4v) is 5.10. The average molecular weight is 429 g/mol. The minimum Gasteiger partial charge on any atom is -0.496 e. The first-order valence-corrected chi connectivity index (χ1v) is 9.63. The Morgan fingerprint density at radius 1 is 1.23 bits per heavy atom. The molecule has 0 aromatic heterocycles. The van der Waals surface area contributed by atoms with E-state index in [1.54, 1.807) is 0 Å². The van der Waals surface area contributed by atoms with E-state index < -0.39 is 81.6 Å². The number of aliphatic hydroxyl groups is 2. The lowest BCUT2D eigenvalue weighted by Crippen LogP contribution is -2.60. The largest absolute Gasteiger partial charge is 0.496 e. The summed E-state index contributed by atoms with van der Waals surface area (Å²) in [6.45, 7) is 1.09. The zero-order valence-corrected chi connectivity index (χ0v) is 16.7. The zero-order chi connectivity index (χ0) is 22.8. The Morgan fingerprint density at radius 2 is 1.90 bits per heavy atom. The van der Waals surface area contributed by atoms with Gasteiger partial charge in [-0.1, -0.05) is 12.1 Å². The molecule has 2 N–H and O–H groups in total. The Kier molecular flexibility index (Phi) is 4.67. The number of ketones is 4. The molecule has 5 atom stereocenters. The minimum atomic E-state index is -2.06. The summed E-state index contributed by atoms with van der Waals surface area (Å²) in [5.41, 5.74) is -3.54. The highest BCUT2D eigenvalue weighted by atomic mass is 16.6. The summed E-state index contributed by atoms with van der Waals surface area (Å²) < 4.78 is 5.14. The zero-order valence-electron chi connectivity index (χ0n) is 16.7. The summed E-state index contributed by atoms with van der Waals surface area (Å²) in [4.78, 5) is 63.0. The molecule has 0 aliphatic heterocycles. The van der Waals surface area contributed by atoms with Crippen molar-refractivity contribution in [2.45, 2.75) is 37.5 Å². The van der Waals surface area contributed by atoms with Crippen molar-refractivity contribution < 1.29 is 39.1 Å². The van der Waals surface area contributed by atoms with Crippen molar-refractivity contribution >= 4 is 23.1 Å². The topological polar surface area (TPSA) is 161 Å². The number of nitro groups is 1. The van der Waals surface area contributed by atoms with Gasteiger partial charge >= 0.3 is 0 Å². The number of fused-ring (bicyclic) bond motifs is 2. The van der Waals surface area contributed by atoms with Crippen molar-refractivity contribution in [3.8, 4) is 5.75 Å². The highest BCUT2D eigenvalue weighted by Gasteiger charge is 2.62. The molecule has 0 radical (unpaired) electrons. The molecular formula is C21H19NO9. The number of carbonyl (C=O) groups is 4. The lowest BCUT2D eigenvalue weighted by molar-refractivity contribution is -0.526. The molecule has 0 amide bonds.